The molecule has 0 unspecified atom stereocenters. The van der Waals surface area contributed by atoms with E-state index in [1.54, 1.807) is 6.07 Å². The number of aromatic hydroxyl groups is 2. The molecule has 0 fully saturated rings. The maximum absolute atomic E-state index is 12.9. The average molecular weight is 395 g/mol. The Morgan fingerprint density at radius 1 is 1.00 bits per heavy atom. The van der Waals surface area contributed by atoms with Crippen molar-refractivity contribution in [2.75, 3.05) is 0 Å². The predicted molar refractivity (Wildman–Crippen MR) is 108 cm³/mol. The summed E-state index contributed by atoms with van der Waals surface area (Å²) in [7, 11) is 1.92. The topological polar surface area (TPSA) is 74.6 Å². The Hall–Kier alpha value is -3.31. The van der Waals surface area contributed by atoms with Crippen LogP contribution < -0.4 is 10.00 Å². The van der Waals surface area contributed by atoms with Gasteiger partial charge in [0.2, 0.25) is 11.2 Å². The number of aryl methyl sites for hydroxylation is 2. The highest BCUT2D eigenvalue weighted by Crippen LogP contribution is 2.37. The first kappa shape index (κ1) is 18.1. The maximum Gasteiger partial charge on any atom is 0.235 e. The second-order valence-corrected chi connectivity index (χ2v) is 7.12. The molecule has 0 aliphatic carbocycles. The van der Waals surface area contributed by atoms with E-state index in [1.807, 2.05) is 49.1 Å². The summed E-state index contributed by atoms with van der Waals surface area (Å²) < 4.78 is 7.94. The summed E-state index contributed by atoms with van der Waals surface area (Å²) in [5.41, 5.74) is 2.76. The fourth-order valence-corrected chi connectivity index (χ4v) is 3.35. The van der Waals surface area contributed by atoms with Crippen molar-refractivity contribution in [3.8, 4) is 33.9 Å². The number of hydrogen-bond acceptors (Lipinski definition) is 4. The van der Waals surface area contributed by atoms with E-state index >= 15 is 0 Å². The largest absolute Gasteiger partial charge is 0.506 e. The van der Waals surface area contributed by atoms with Crippen LogP contribution in [0.4, 0.5) is 0 Å². The maximum atomic E-state index is 12.9. The van der Waals surface area contributed by atoms with Gasteiger partial charge in [-0.3, -0.25) is 4.79 Å². The van der Waals surface area contributed by atoms with Gasteiger partial charge in [-0.2, -0.15) is 0 Å². The molecule has 0 atom stereocenters. The average Bonchev–Trinajstić information content (AvgIpc) is 2.67. The van der Waals surface area contributed by atoms with Crippen LogP contribution in [-0.2, 0) is 7.05 Å². The third kappa shape index (κ3) is 3.00. The lowest BCUT2D eigenvalue weighted by Gasteiger charge is -2.11. The zero-order valence-electron chi connectivity index (χ0n) is 15.2. The van der Waals surface area contributed by atoms with E-state index in [-0.39, 0.29) is 16.5 Å². The number of aromatic nitrogens is 1. The number of benzene rings is 2. The lowest BCUT2D eigenvalue weighted by Crippen LogP contribution is -2.25. The van der Waals surface area contributed by atoms with Gasteiger partial charge in [-0.05, 0) is 48.4 Å². The van der Waals surface area contributed by atoms with Gasteiger partial charge in [0.1, 0.15) is 18.4 Å². The molecule has 5 nitrogen and oxygen atoms in total. The molecule has 0 aliphatic heterocycles. The van der Waals surface area contributed by atoms with E-state index in [9.17, 15) is 15.0 Å². The molecule has 0 saturated carbocycles. The number of hydrogen-bond donors (Lipinski definition) is 2. The number of halogens is 1. The van der Waals surface area contributed by atoms with Crippen LogP contribution in [-0.4, -0.2) is 10.2 Å². The third-order valence-corrected chi connectivity index (χ3v) is 4.91. The number of nitrogens with zero attached hydrogens (tertiary/aromatic N) is 1. The zero-order chi connectivity index (χ0) is 20.0. The number of rotatable bonds is 2. The monoisotopic (exact) mass is 394 g/mol. The first-order valence-corrected chi connectivity index (χ1v) is 8.98. The van der Waals surface area contributed by atoms with Gasteiger partial charge in [0, 0.05) is 23.3 Å². The summed E-state index contributed by atoms with van der Waals surface area (Å²) in [6, 6.07) is 11.8. The highest BCUT2D eigenvalue weighted by molar-refractivity contribution is 6.32. The SMILES string of the molecule is Cc1cc(-c2cc[n+](C)cc2)c2oc(-c3ccc(O)c(Cl)c3)c(O)c(=O)c2c1. The normalized spacial score (nSPS) is 11.1. The number of phenols is 1. The summed E-state index contributed by atoms with van der Waals surface area (Å²) in [6.07, 6.45) is 3.81. The van der Waals surface area contributed by atoms with Crippen LogP contribution in [0.15, 0.2) is 64.1 Å². The lowest BCUT2D eigenvalue weighted by molar-refractivity contribution is -0.671. The molecule has 0 spiro atoms. The van der Waals surface area contributed by atoms with Gasteiger partial charge in [0.25, 0.3) is 0 Å². The second-order valence-electron chi connectivity index (χ2n) is 6.72. The van der Waals surface area contributed by atoms with Gasteiger partial charge in [0.05, 0.1) is 10.4 Å². The predicted octanol–water partition coefficient (Wildman–Crippen LogP) is 4.32. The number of phenolic OH excluding ortho intramolecular Hbond substituents is 1. The van der Waals surface area contributed by atoms with Crippen molar-refractivity contribution in [3.63, 3.8) is 0 Å². The minimum atomic E-state index is -0.521. The molecule has 6 heteroatoms. The summed E-state index contributed by atoms with van der Waals surface area (Å²) >= 11 is 5.98. The van der Waals surface area contributed by atoms with Gasteiger partial charge in [-0.1, -0.05) is 11.6 Å². The Labute approximate surface area is 165 Å². The number of fused-ring (bicyclic) bond motifs is 1. The third-order valence-electron chi connectivity index (χ3n) is 4.61. The van der Waals surface area contributed by atoms with Crippen molar-refractivity contribution in [1.82, 2.24) is 0 Å². The molecule has 4 rings (SSSR count). The van der Waals surface area contributed by atoms with Crippen LogP contribution >= 0.6 is 11.6 Å². The van der Waals surface area contributed by atoms with Gasteiger partial charge in [-0.15, -0.1) is 0 Å². The van der Waals surface area contributed by atoms with E-state index in [2.05, 4.69) is 0 Å². The van der Waals surface area contributed by atoms with Crippen molar-refractivity contribution in [2.45, 2.75) is 6.92 Å². The zero-order valence-corrected chi connectivity index (χ0v) is 16.0. The summed E-state index contributed by atoms with van der Waals surface area (Å²) in [5.74, 6) is -0.585. The molecule has 28 heavy (non-hydrogen) atoms. The van der Waals surface area contributed by atoms with Crippen LogP contribution in [0.2, 0.25) is 5.02 Å². The second kappa shape index (κ2) is 6.69. The molecule has 140 valence electrons. The van der Waals surface area contributed by atoms with Crippen molar-refractivity contribution in [3.05, 3.63) is 75.7 Å². The van der Waals surface area contributed by atoms with Crippen LogP contribution in [0.3, 0.4) is 0 Å². The Balaban J connectivity index is 2.06. The fourth-order valence-electron chi connectivity index (χ4n) is 3.17. The molecule has 0 amide bonds. The molecule has 2 N–H and O–H groups in total. The van der Waals surface area contributed by atoms with Crippen LogP contribution in [0.1, 0.15) is 5.56 Å². The molecule has 4 aromatic rings. The molecule has 0 saturated heterocycles. The highest BCUT2D eigenvalue weighted by Gasteiger charge is 2.19. The molecule has 0 radical (unpaired) electrons. The molecule has 0 bridgehead atoms. The van der Waals surface area contributed by atoms with Crippen molar-refractivity contribution < 1.29 is 19.2 Å². The van der Waals surface area contributed by atoms with Crippen LogP contribution in [0.5, 0.6) is 11.5 Å². The molecule has 2 aromatic carbocycles. The lowest BCUT2D eigenvalue weighted by atomic mass is 10.00. The smallest absolute Gasteiger partial charge is 0.235 e. The van der Waals surface area contributed by atoms with Crippen molar-refractivity contribution in [1.29, 1.82) is 0 Å². The van der Waals surface area contributed by atoms with Gasteiger partial charge < -0.3 is 14.6 Å². The highest BCUT2D eigenvalue weighted by atomic mass is 35.5. The van der Waals surface area contributed by atoms with Crippen LogP contribution in [0.25, 0.3) is 33.4 Å². The Bertz CT molecular complexity index is 1280. The minimum Gasteiger partial charge on any atom is -0.506 e. The Morgan fingerprint density at radius 2 is 1.71 bits per heavy atom. The van der Waals surface area contributed by atoms with Gasteiger partial charge in [-0.25, -0.2) is 4.57 Å². The Kier molecular flexibility index (Phi) is 4.32. The van der Waals surface area contributed by atoms with E-state index in [0.717, 1.165) is 16.7 Å². The fraction of sp³-hybridized carbons (Fsp3) is 0.0909. The summed E-state index contributed by atoms with van der Waals surface area (Å²) in [6.45, 7) is 1.88. The first-order chi connectivity index (χ1) is 13.3. The van der Waals surface area contributed by atoms with Crippen LogP contribution in [0, 0.1) is 6.92 Å². The van der Waals surface area contributed by atoms with Gasteiger partial charge >= 0.3 is 0 Å². The standard InChI is InChI=1S/C22H16ClNO4/c1-12-9-15(13-5-7-24(2)8-6-13)22-16(10-12)19(26)20(27)21(28-22)14-3-4-18(25)17(23)11-14/h3-11H,1-2H3,(H-,25,26,27)/p+1. The quantitative estimate of drug-likeness (QED) is 0.496. The summed E-state index contributed by atoms with van der Waals surface area (Å²) in [5, 5.41) is 20.5. The summed E-state index contributed by atoms with van der Waals surface area (Å²) in [4.78, 5) is 12.9. The Morgan fingerprint density at radius 3 is 2.39 bits per heavy atom. The van der Waals surface area contributed by atoms with E-state index in [4.69, 9.17) is 16.0 Å². The van der Waals surface area contributed by atoms with Crippen molar-refractivity contribution >= 4 is 22.6 Å². The molecule has 0 aliphatic rings. The number of pyridine rings is 1. The molecule has 2 aromatic heterocycles. The minimum absolute atomic E-state index is 0.00555. The molecular weight excluding hydrogens is 378 g/mol. The molecule has 2 heterocycles. The van der Waals surface area contributed by atoms with E-state index in [1.165, 1.54) is 18.2 Å². The van der Waals surface area contributed by atoms with E-state index in [0.29, 0.717) is 16.5 Å². The molecular formula is C22H17ClNO4+. The van der Waals surface area contributed by atoms with Gasteiger partial charge in [0.15, 0.2) is 18.2 Å². The van der Waals surface area contributed by atoms with E-state index < -0.39 is 11.2 Å². The van der Waals surface area contributed by atoms with Crippen molar-refractivity contribution in [2.24, 2.45) is 7.05 Å². The first-order valence-electron chi connectivity index (χ1n) is 8.60.